The van der Waals surface area contributed by atoms with Crippen LogP contribution in [0.5, 0.6) is 0 Å². The van der Waals surface area contributed by atoms with Crippen molar-refractivity contribution >= 4 is 18.0 Å². The Kier molecular flexibility index (Phi) is 2.26. The summed E-state index contributed by atoms with van der Waals surface area (Å²) >= 11 is 0. The van der Waals surface area contributed by atoms with Gasteiger partial charge in [0.1, 0.15) is 0 Å². The summed E-state index contributed by atoms with van der Waals surface area (Å²) in [5.41, 5.74) is 1.48. The highest BCUT2D eigenvalue weighted by Crippen LogP contribution is 2.21. The van der Waals surface area contributed by atoms with E-state index in [1.807, 2.05) is 0 Å². The van der Waals surface area contributed by atoms with Crippen molar-refractivity contribution in [2.24, 2.45) is 4.99 Å². The Balaban J connectivity index is 2.26. The number of hydrogen-bond donors (Lipinski definition) is 0. The number of aliphatic imine (C=N–C) groups is 1. The molecule has 0 saturated carbocycles. The van der Waals surface area contributed by atoms with E-state index in [0.29, 0.717) is 18.0 Å². The van der Waals surface area contributed by atoms with Crippen LogP contribution in [0.3, 0.4) is 0 Å². The predicted octanol–water partition coefficient (Wildman–Crippen LogP) is 1.52. The van der Waals surface area contributed by atoms with Gasteiger partial charge in [0.15, 0.2) is 5.82 Å². The molecule has 0 aromatic carbocycles. The molecular weight excluding hydrogens is 180 g/mol. The summed E-state index contributed by atoms with van der Waals surface area (Å²) in [6.07, 6.45) is 4.03. The highest BCUT2D eigenvalue weighted by molar-refractivity contribution is 5.90. The van der Waals surface area contributed by atoms with Crippen LogP contribution in [-0.4, -0.2) is 23.8 Å². The third kappa shape index (κ3) is 1.51. The minimum absolute atomic E-state index is 0.324. The van der Waals surface area contributed by atoms with Crippen LogP contribution in [0.4, 0.5) is 5.82 Å². The number of esters is 1. The highest BCUT2D eigenvalue weighted by atomic mass is 16.5. The van der Waals surface area contributed by atoms with Crippen LogP contribution >= 0.6 is 0 Å². The van der Waals surface area contributed by atoms with Crippen molar-refractivity contribution < 1.29 is 9.53 Å². The zero-order valence-corrected chi connectivity index (χ0v) is 7.86. The highest BCUT2D eigenvalue weighted by Gasteiger charge is 2.13. The third-order valence-electron chi connectivity index (χ3n) is 1.98. The quantitative estimate of drug-likeness (QED) is 0.664. The van der Waals surface area contributed by atoms with Gasteiger partial charge in [0.2, 0.25) is 0 Å². The average Bonchev–Trinajstić information content (AvgIpc) is 2.64. The van der Waals surface area contributed by atoms with E-state index in [1.165, 1.54) is 6.20 Å². The van der Waals surface area contributed by atoms with E-state index in [9.17, 15) is 4.79 Å². The molecule has 0 bridgehead atoms. The Hall–Kier alpha value is -1.71. The van der Waals surface area contributed by atoms with Crippen LogP contribution in [0.15, 0.2) is 17.3 Å². The monoisotopic (exact) mass is 190 g/mol. The van der Waals surface area contributed by atoms with Crippen LogP contribution in [-0.2, 0) is 11.2 Å². The first-order valence-electron chi connectivity index (χ1n) is 4.50. The molecule has 0 atom stereocenters. The molecule has 0 unspecified atom stereocenters. The molecule has 0 fully saturated rings. The maximum absolute atomic E-state index is 11.3. The molecule has 4 nitrogen and oxygen atoms in total. The second-order valence-corrected chi connectivity index (χ2v) is 2.94. The molecule has 4 heteroatoms. The lowest BCUT2D eigenvalue weighted by Crippen LogP contribution is -2.05. The van der Waals surface area contributed by atoms with Crippen LogP contribution < -0.4 is 0 Å². The minimum Gasteiger partial charge on any atom is -0.462 e. The molecular formula is C10H10N2O2. The smallest absolute Gasteiger partial charge is 0.339 e. The summed E-state index contributed by atoms with van der Waals surface area (Å²) < 4.78 is 4.87. The number of rotatable bonds is 2. The fourth-order valence-electron chi connectivity index (χ4n) is 1.33. The van der Waals surface area contributed by atoms with Crippen molar-refractivity contribution in [3.63, 3.8) is 0 Å². The maximum Gasteiger partial charge on any atom is 0.339 e. The van der Waals surface area contributed by atoms with E-state index in [0.717, 1.165) is 12.0 Å². The van der Waals surface area contributed by atoms with Crippen molar-refractivity contribution in [3.8, 4) is 0 Å². The molecule has 0 amide bonds. The zero-order valence-electron chi connectivity index (χ0n) is 7.86. The second kappa shape index (κ2) is 3.57. The van der Waals surface area contributed by atoms with Gasteiger partial charge in [-0.25, -0.2) is 14.8 Å². The van der Waals surface area contributed by atoms with Gasteiger partial charge in [-0.05, 0) is 13.0 Å². The molecule has 2 heterocycles. The number of aromatic nitrogens is 1. The molecule has 0 aliphatic carbocycles. The predicted molar refractivity (Wildman–Crippen MR) is 52.0 cm³/mol. The Morgan fingerprint density at radius 1 is 1.64 bits per heavy atom. The number of hydrogen-bond acceptors (Lipinski definition) is 4. The minimum atomic E-state index is -0.324. The number of carbonyl (C=O) groups excluding carboxylic acids is 1. The normalized spacial score (nSPS) is 12.6. The van der Waals surface area contributed by atoms with Crippen LogP contribution in [0.25, 0.3) is 0 Å². The lowest BCUT2D eigenvalue weighted by atomic mass is 10.1. The van der Waals surface area contributed by atoms with Crippen LogP contribution in [0, 0.1) is 0 Å². The maximum atomic E-state index is 11.3. The number of nitrogens with zero attached hydrogens (tertiary/aromatic N) is 2. The molecule has 0 N–H and O–H groups in total. The Morgan fingerprint density at radius 2 is 2.50 bits per heavy atom. The fraction of sp³-hybridized carbons (Fsp3) is 0.300. The van der Waals surface area contributed by atoms with Crippen LogP contribution in [0.2, 0.25) is 0 Å². The van der Waals surface area contributed by atoms with Crippen LogP contribution in [0.1, 0.15) is 22.8 Å². The molecule has 0 saturated heterocycles. The average molecular weight is 190 g/mol. The summed E-state index contributed by atoms with van der Waals surface area (Å²) in [6, 6.07) is 1.79. The van der Waals surface area contributed by atoms with E-state index < -0.39 is 0 Å². The summed E-state index contributed by atoms with van der Waals surface area (Å²) in [7, 11) is 0. The lowest BCUT2D eigenvalue weighted by Gasteiger charge is -2.02. The van der Waals surface area contributed by atoms with Gasteiger partial charge in [0.05, 0.1) is 12.2 Å². The van der Waals surface area contributed by atoms with E-state index >= 15 is 0 Å². The lowest BCUT2D eigenvalue weighted by molar-refractivity contribution is 0.0526. The van der Waals surface area contributed by atoms with Gasteiger partial charge >= 0.3 is 5.97 Å². The summed E-state index contributed by atoms with van der Waals surface area (Å²) in [5.74, 6) is 0.382. The fourth-order valence-corrected chi connectivity index (χ4v) is 1.33. The SMILES string of the molecule is CCOC(=O)c1cnc2c(c1)CC=N2. The number of fused-ring (bicyclic) bond motifs is 1. The molecule has 72 valence electrons. The van der Waals surface area contributed by atoms with Gasteiger partial charge in [-0.3, -0.25) is 0 Å². The molecule has 1 aromatic heterocycles. The van der Waals surface area contributed by atoms with Crippen molar-refractivity contribution in [3.05, 3.63) is 23.4 Å². The number of carbonyl (C=O) groups is 1. The molecule has 1 aromatic rings. The Morgan fingerprint density at radius 3 is 3.29 bits per heavy atom. The van der Waals surface area contributed by atoms with E-state index in [-0.39, 0.29) is 5.97 Å². The van der Waals surface area contributed by atoms with Gasteiger partial charge in [-0.1, -0.05) is 0 Å². The molecule has 0 spiro atoms. The molecule has 1 aliphatic rings. The van der Waals surface area contributed by atoms with Crippen molar-refractivity contribution in [1.29, 1.82) is 0 Å². The van der Waals surface area contributed by atoms with Crippen molar-refractivity contribution in [2.75, 3.05) is 6.61 Å². The van der Waals surface area contributed by atoms with Gasteiger partial charge < -0.3 is 4.74 Å². The van der Waals surface area contributed by atoms with E-state index in [4.69, 9.17) is 4.74 Å². The first-order chi connectivity index (χ1) is 6.81. The first kappa shape index (κ1) is 8.87. The Labute approximate surface area is 81.6 Å². The van der Waals surface area contributed by atoms with Gasteiger partial charge in [-0.15, -0.1) is 0 Å². The molecule has 14 heavy (non-hydrogen) atoms. The van der Waals surface area contributed by atoms with Gasteiger partial charge in [0.25, 0.3) is 0 Å². The van der Waals surface area contributed by atoms with Crippen molar-refractivity contribution in [1.82, 2.24) is 4.98 Å². The molecule has 1 aliphatic heterocycles. The standard InChI is InChI=1S/C10H10N2O2/c1-2-14-10(13)8-5-7-3-4-11-9(7)12-6-8/h4-6H,2-3H2,1H3. The molecule has 0 radical (unpaired) electrons. The third-order valence-corrected chi connectivity index (χ3v) is 1.98. The van der Waals surface area contributed by atoms with Gasteiger partial charge in [0, 0.05) is 24.4 Å². The number of pyridine rings is 1. The van der Waals surface area contributed by atoms with Crippen molar-refractivity contribution in [2.45, 2.75) is 13.3 Å². The largest absolute Gasteiger partial charge is 0.462 e. The van der Waals surface area contributed by atoms with E-state index in [2.05, 4.69) is 9.98 Å². The summed E-state index contributed by atoms with van der Waals surface area (Å²) in [6.45, 7) is 2.16. The Bertz CT molecular complexity index is 399. The summed E-state index contributed by atoms with van der Waals surface area (Å²) in [5, 5.41) is 0. The molecule has 2 rings (SSSR count). The van der Waals surface area contributed by atoms with E-state index in [1.54, 1.807) is 19.2 Å². The topological polar surface area (TPSA) is 51.5 Å². The first-order valence-corrected chi connectivity index (χ1v) is 4.50. The zero-order chi connectivity index (χ0) is 9.97. The summed E-state index contributed by atoms with van der Waals surface area (Å²) in [4.78, 5) is 19.5. The number of ether oxygens (including phenoxy) is 1. The van der Waals surface area contributed by atoms with Gasteiger partial charge in [-0.2, -0.15) is 0 Å². The second-order valence-electron chi connectivity index (χ2n) is 2.94.